The first-order valence-corrected chi connectivity index (χ1v) is 6.68. The van der Waals surface area contributed by atoms with E-state index in [1.807, 2.05) is 0 Å². The number of nitro groups is 1. The minimum Gasteiger partial charge on any atom is -0.263 e. The first kappa shape index (κ1) is 13.9. The summed E-state index contributed by atoms with van der Waals surface area (Å²) in [7, 11) is -4.42. The molecule has 0 aliphatic heterocycles. The lowest BCUT2D eigenvalue weighted by molar-refractivity contribution is -0.384. The molecule has 0 heterocycles. The van der Waals surface area contributed by atoms with Gasteiger partial charge in [-0.2, -0.15) is 12.0 Å². The van der Waals surface area contributed by atoms with Crippen LogP contribution in [0.4, 0.5) is 5.69 Å². The molecular formula is C8H9NO6S2. The molecule has 0 radical (unpaired) electrons. The van der Waals surface area contributed by atoms with Crippen LogP contribution in [0.3, 0.4) is 0 Å². The molecule has 9 heteroatoms. The summed E-state index contributed by atoms with van der Waals surface area (Å²) in [6.07, 6.45) is 0.470. The molecule has 94 valence electrons. The van der Waals surface area contributed by atoms with Gasteiger partial charge in [-0.05, 0) is 12.0 Å². The van der Waals surface area contributed by atoms with Crippen LogP contribution in [0.5, 0.6) is 0 Å². The molecule has 1 N–H and O–H groups in total. The molecule has 0 unspecified atom stereocenters. The minimum atomic E-state index is -4.42. The summed E-state index contributed by atoms with van der Waals surface area (Å²) in [5, 5.41) is 10.4. The second kappa shape index (κ2) is 5.96. The van der Waals surface area contributed by atoms with Crippen LogP contribution in [0, 0.1) is 10.1 Å². The van der Waals surface area contributed by atoms with Crippen molar-refractivity contribution >= 4 is 28.1 Å². The third-order valence-corrected chi connectivity index (χ3v) is 3.20. The van der Waals surface area contributed by atoms with Gasteiger partial charge < -0.3 is 0 Å². The normalized spacial score (nSPS) is 11.4. The van der Waals surface area contributed by atoms with Crippen molar-refractivity contribution in [2.45, 2.75) is 6.42 Å². The monoisotopic (exact) mass is 279 g/mol. The Balaban J connectivity index is 2.40. The number of nitro benzene ring substituents is 1. The highest BCUT2D eigenvalue weighted by Gasteiger charge is 2.06. The van der Waals surface area contributed by atoms with Crippen molar-refractivity contribution in [3.05, 3.63) is 39.9 Å². The number of aryl methyl sites for hydroxylation is 1. The molecule has 1 aromatic rings. The number of hydrogen-bond acceptors (Lipinski definition) is 6. The quantitative estimate of drug-likeness (QED) is 0.277. The number of nitrogens with zero attached hydrogens (tertiary/aromatic N) is 1. The Kier molecular flexibility index (Phi) is 4.87. The number of hydrogen-bond donors (Lipinski definition) is 1. The van der Waals surface area contributed by atoms with Crippen LogP contribution in [0.25, 0.3) is 0 Å². The Bertz CT molecular complexity index is 483. The third kappa shape index (κ3) is 5.63. The van der Waals surface area contributed by atoms with Crippen molar-refractivity contribution in [1.29, 1.82) is 0 Å². The zero-order chi connectivity index (χ0) is 12.9. The summed E-state index contributed by atoms with van der Waals surface area (Å²) < 4.78 is 32.7. The van der Waals surface area contributed by atoms with E-state index < -0.39 is 15.3 Å². The van der Waals surface area contributed by atoms with E-state index >= 15 is 0 Å². The van der Waals surface area contributed by atoms with Gasteiger partial charge in [0.25, 0.3) is 5.69 Å². The summed E-state index contributed by atoms with van der Waals surface area (Å²) in [6, 6.07) is 5.88. The lowest BCUT2D eigenvalue weighted by atomic mass is 10.1. The lowest BCUT2D eigenvalue weighted by Gasteiger charge is -2.00. The fraction of sp³-hybridized carbons (Fsp3) is 0.250. The Hall–Kier alpha value is -1.16. The average Bonchev–Trinajstić information content (AvgIpc) is 2.24. The van der Waals surface area contributed by atoms with Crippen molar-refractivity contribution in [3.8, 4) is 0 Å². The highest BCUT2D eigenvalue weighted by Crippen LogP contribution is 2.14. The molecular weight excluding hydrogens is 270 g/mol. The fourth-order valence-corrected chi connectivity index (χ4v) is 2.12. The summed E-state index contributed by atoms with van der Waals surface area (Å²) in [5.41, 5.74) is 0.803. The van der Waals surface area contributed by atoms with Crippen molar-refractivity contribution in [2.24, 2.45) is 0 Å². The summed E-state index contributed by atoms with van der Waals surface area (Å²) >= 11 is 0.594. The molecule has 1 rings (SSSR count). The van der Waals surface area contributed by atoms with Gasteiger partial charge in [0.2, 0.25) is 0 Å². The molecule has 7 nitrogen and oxygen atoms in total. The molecule has 1 aromatic carbocycles. The first-order chi connectivity index (χ1) is 7.88. The van der Waals surface area contributed by atoms with Crippen LogP contribution >= 0.6 is 12.0 Å². The summed E-state index contributed by atoms with van der Waals surface area (Å²) in [6.45, 7) is 0. The number of rotatable bonds is 6. The zero-order valence-electron chi connectivity index (χ0n) is 8.48. The smallest absolute Gasteiger partial charge is 0.263 e. The second-order valence-electron chi connectivity index (χ2n) is 2.99. The topological polar surface area (TPSA) is 107 Å². The van der Waals surface area contributed by atoms with E-state index in [0.717, 1.165) is 5.56 Å². The SMILES string of the molecule is O=[N+]([O-])c1ccc(CCSOS(=O)(=O)O)cc1. The van der Waals surface area contributed by atoms with Crippen LogP contribution < -0.4 is 0 Å². The molecule has 0 amide bonds. The van der Waals surface area contributed by atoms with Gasteiger partial charge in [0.05, 0.1) is 4.92 Å². The highest BCUT2D eigenvalue weighted by atomic mass is 32.3. The molecule has 0 fully saturated rings. The van der Waals surface area contributed by atoms with Crippen molar-refractivity contribution < 1.29 is 21.5 Å². The highest BCUT2D eigenvalue weighted by molar-refractivity contribution is 8.02. The van der Waals surface area contributed by atoms with Gasteiger partial charge >= 0.3 is 10.4 Å². The predicted octanol–water partition coefficient (Wildman–Crippen LogP) is 1.60. The second-order valence-corrected chi connectivity index (χ2v) is 5.04. The van der Waals surface area contributed by atoms with E-state index in [1.54, 1.807) is 12.1 Å². The Labute approximate surface area is 102 Å². The molecule has 0 bridgehead atoms. The largest absolute Gasteiger partial charge is 0.408 e. The van der Waals surface area contributed by atoms with Gasteiger partial charge in [-0.3, -0.25) is 14.7 Å². The fourth-order valence-electron chi connectivity index (χ4n) is 1.04. The van der Waals surface area contributed by atoms with Crippen LogP contribution in [-0.2, 0) is 20.4 Å². The van der Waals surface area contributed by atoms with Crippen LogP contribution in [0.2, 0.25) is 0 Å². The Morgan fingerprint density at radius 2 is 1.94 bits per heavy atom. The summed E-state index contributed by atoms with van der Waals surface area (Å²) in [4.78, 5) is 9.87. The van der Waals surface area contributed by atoms with E-state index in [9.17, 15) is 18.5 Å². The average molecular weight is 279 g/mol. The lowest BCUT2D eigenvalue weighted by Crippen LogP contribution is -1.98. The third-order valence-electron chi connectivity index (χ3n) is 1.76. The molecule has 0 atom stereocenters. The van der Waals surface area contributed by atoms with Crippen molar-refractivity contribution in [2.75, 3.05) is 5.75 Å². The van der Waals surface area contributed by atoms with Gasteiger partial charge in [0.15, 0.2) is 0 Å². The van der Waals surface area contributed by atoms with Gasteiger partial charge in [-0.25, -0.2) is 0 Å². The zero-order valence-corrected chi connectivity index (χ0v) is 10.1. The summed E-state index contributed by atoms with van der Waals surface area (Å²) in [5.74, 6) is 0.303. The van der Waals surface area contributed by atoms with Gasteiger partial charge in [0.1, 0.15) is 0 Å². The maximum absolute atomic E-state index is 10.4. The molecule has 0 aromatic heterocycles. The van der Waals surface area contributed by atoms with E-state index in [0.29, 0.717) is 24.2 Å². The van der Waals surface area contributed by atoms with E-state index in [-0.39, 0.29) is 5.69 Å². The predicted molar refractivity (Wildman–Crippen MR) is 61.9 cm³/mol. The van der Waals surface area contributed by atoms with E-state index in [2.05, 4.69) is 3.63 Å². The van der Waals surface area contributed by atoms with Gasteiger partial charge in [-0.1, -0.05) is 12.1 Å². The van der Waals surface area contributed by atoms with E-state index in [1.165, 1.54) is 12.1 Å². The number of non-ortho nitro benzene ring substituents is 1. The van der Waals surface area contributed by atoms with Crippen LogP contribution in [-0.4, -0.2) is 23.6 Å². The molecule has 17 heavy (non-hydrogen) atoms. The molecule has 0 saturated carbocycles. The van der Waals surface area contributed by atoms with E-state index in [4.69, 9.17) is 4.55 Å². The van der Waals surface area contributed by atoms with Crippen molar-refractivity contribution in [3.63, 3.8) is 0 Å². The number of benzene rings is 1. The first-order valence-electron chi connectivity index (χ1n) is 4.40. The van der Waals surface area contributed by atoms with Crippen LogP contribution in [0.15, 0.2) is 24.3 Å². The molecule has 0 aliphatic rings. The Morgan fingerprint density at radius 3 is 2.41 bits per heavy atom. The van der Waals surface area contributed by atoms with Crippen LogP contribution in [0.1, 0.15) is 5.56 Å². The standard InChI is InChI=1S/C8H9NO6S2/c10-9(11)8-3-1-7(2-4-8)5-6-16-15-17(12,13)14/h1-4H,5-6H2,(H,12,13,14). The maximum Gasteiger partial charge on any atom is 0.408 e. The Morgan fingerprint density at radius 1 is 1.35 bits per heavy atom. The molecule has 0 aliphatic carbocycles. The minimum absolute atomic E-state index is 0.00408. The van der Waals surface area contributed by atoms with Crippen molar-refractivity contribution in [1.82, 2.24) is 0 Å². The molecule has 0 saturated heterocycles. The maximum atomic E-state index is 10.4. The van der Waals surface area contributed by atoms with Gasteiger partial charge in [0, 0.05) is 29.9 Å². The van der Waals surface area contributed by atoms with Gasteiger partial charge in [-0.15, -0.1) is 0 Å². The molecule has 0 spiro atoms.